The predicted octanol–water partition coefficient (Wildman–Crippen LogP) is 5.29. The minimum atomic E-state index is -4.18. The highest BCUT2D eigenvalue weighted by Crippen LogP contribution is 2.33. The molecule has 0 aliphatic heterocycles. The van der Waals surface area contributed by atoms with Gasteiger partial charge in [-0.2, -0.15) is 0 Å². The molecule has 0 spiro atoms. The quantitative estimate of drug-likeness (QED) is 0.294. The van der Waals surface area contributed by atoms with Crippen LogP contribution in [0.4, 0.5) is 5.69 Å². The van der Waals surface area contributed by atoms with Crippen LogP contribution in [0.3, 0.4) is 0 Å². The van der Waals surface area contributed by atoms with Crippen molar-refractivity contribution in [3.8, 4) is 5.75 Å². The highest BCUT2D eigenvalue weighted by atomic mass is 79.9. The van der Waals surface area contributed by atoms with E-state index in [1.165, 1.54) is 24.1 Å². The van der Waals surface area contributed by atoms with E-state index in [4.69, 9.17) is 4.74 Å². The van der Waals surface area contributed by atoms with Crippen molar-refractivity contribution in [1.82, 2.24) is 10.2 Å². The van der Waals surface area contributed by atoms with Crippen molar-refractivity contribution < 1.29 is 22.7 Å². The van der Waals surface area contributed by atoms with Gasteiger partial charge < -0.3 is 15.0 Å². The normalized spacial score (nSPS) is 12.8. The number of rotatable bonds is 12. The molecule has 0 bridgehead atoms. The third-order valence-electron chi connectivity index (χ3n) is 6.62. The fourth-order valence-corrected chi connectivity index (χ4v) is 5.99. The van der Waals surface area contributed by atoms with Crippen molar-refractivity contribution >= 4 is 43.5 Å². The van der Waals surface area contributed by atoms with Crippen LogP contribution in [0.15, 0.2) is 82.2 Å². The first-order valence-electron chi connectivity index (χ1n) is 13.0. The number of amides is 2. The molecule has 0 unspecified atom stereocenters. The van der Waals surface area contributed by atoms with Crippen LogP contribution in [-0.2, 0) is 26.2 Å². The average Bonchev–Trinajstić information content (AvgIpc) is 2.94. The zero-order valence-corrected chi connectivity index (χ0v) is 25.8. The second kappa shape index (κ2) is 13.8. The molecule has 10 heteroatoms. The summed E-state index contributed by atoms with van der Waals surface area (Å²) < 4.78 is 35.3. The first-order valence-corrected chi connectivity index (χ1v) is 15.3. The van der Waals surface area contributed by atoms with Gasteiger partial charge in [-0.15, -0.1) is 0 Å². The number of nitrogens with one attached hydrogen (secondary N) is 1. The summed E-state index contributed by atoms with van der Waals surface area (Å²) in [5.74, 6) is -0.544. The molecule has 0 aliphatic carbocycles. The molecule has 2 amide bonds. The molecule has 1 N–H and O–H groups in total. The molecular formula is C30H36BrN3O5S. The van der Waals surface area contributed by atoms with Crippen LogP contribution in [0.1, 0.15) is 38.3 Å². The van der Waals surface area contributed by atoms with Gasteiger partial charge in [-0.05, 0) is 74.7 Å². The van der Waals surface area contributed by atoms with Gasteiger partial charge in [-0.1, -0.05) is 59.3 Å². The molecule has 2 atom stereocenters. The van der Waals surface area contributed by atoms with Gasteiger partial charge in [0.2, 0.25) is 11.8 Å². The highest BCUT2D eigenvalue weighted by molar-refractivity contribution is 9.10. The van der Waals surface area contributed by atoms with E-state index >= 15 is 0 Å². The van der Waals surface area contributed by atoms with Crippen LogP contribution in [0, 0.1) is 6.92 Å². The summed E-state index contributed by atoms with van der Waals surface area (Å²) in [5.41, 5.74) is 1.82. The van der Waals surface area contributed by atoms with Gasteiger partial charge in [0, 0.05) is 17.1 Å². The maximum Gasteiger partial charge on any atom is 0.264 e. The van der Waals surface area contributed by atoms with Gasteiger partial charge in [0.05, 0.1) is 17.7 Å². The number of aryl methyl sites for hydroxylation is 1. The van der Waals surface area contributed by atoms with Crippen LogP contribution in [-0.4, -0.2) is 50.9 Å². The largest absolute Gasteiger partial charge is 0.495 e. The maximum absolute atomic E-state index is 14.1. The van der Waals surface area contributed by atoms with Gasteiger partial charge in [0.1, 0.15) is 18.3 Å². The summed E-state index contributed by atoms with van der Waals surface area (Å²) in [6, 6.07) is 19.6. The van der Waals surface area contributed by atoms with Crippen LogP contribution in [0.5, 0.6) is 5.75 Å². The van der Waals surface area contributed by atoms with Gasteiger partial charge >= 0.3 is 0 Å². The van der Waals surface area contributed by atoms with E-state index in [0.29, 0.717) is 5.75 Å². The van der Waals surface area contributed by atoms with E-state index in [1.54, 1.807) is 43.3 Å². The van der Waals surface area contributed by atoms with Crippen LogP contribution in [0.2, 0.25) is 0 Å². The number of carbonyl (C=O) groups is 2. The fourth-order valence-electron chi connectivity index (χ4n) is 4.11. The number of halogens is 1. The molecule has 0 saturated heterocycles. The molecule has 0 radical (unpaired) electrons. The van der Waals surface area contributed by atoms with Crippen molar-refractivity contribution in [2.45, 2.75) is 57.6 Å². The number of methoxy groups -OCH3 is 1. The Bertz CT molecular complexity index is 1430. The standard InChI is InChI=1S/C30H36BrN3O5S/c1-6-22(3)32-30(36)23(4)33(19-24-11-10-12-25(31)18-24)29(35)20-34(27-17-21(2)15-16-28(27)39-5)40(37,38)26-13-8-7-9-14-26/h7-18,22-23H,6,19-20H2,1-5H3,(H,32,36)/t22-,23-/m0/s1. The van der Waals surface area contributed by atoms with Crippen LogP contribution in [0.25, 0.3) is 0 Å². The first-order chi connectivity index (χ1) is 19.0. The number of anilines is 1. The molecule has 0 aromatic heterocycles. The van der Waals surface area contributed by atoms with Crippen molar-refractivity contribution in [2.75, 3.05) is 18.0 Å². The Morgan fingerprint density at radius 3 is 2.33 bits per heavy atom. The lowest BCUT2D eigenvalue weighted by Gasteiger charge is -2.33. The Kier molecular flexibility index (Phi) is 10.8. The SMILES string of the molecule is CC[C@H](C)NC(=O)[C@H](C)N(Cc1cccc(Br)c1)C(=O)CN(c1cc(C)ccc1OC)S(=O)(=O)c1ccccc1. The number of carbonyl (C=O) groups excluding carboxylic acids is 2. The molecule has 3 rings (SSSR count). The molecule has 8 nitrogen and oxygen atoms in total. The van der Waals surface area contributed by atoms with E-state index in [1.807, 2.05) is 45.0 Å². The first kappa shape index (κ1) is 31.2. The summed E-state index contributed by atoms with van der Waals surface area (Å²) >= 11 is 3.46. The number of benzene rings is 3. The molecule has 0 aliphatic rings. The van der Waals surface area contributed by atoms with Gasteiger partial charge in [-0.25, -0.2) is 8.42 Å². The van der Waals surface area contributed by atoms with Crippen LogP contribution >= 0.6 is 15.9 Å². The van der Waals surface area contributed by atoms with Gasteiger partial charge in [-0.3, -0.25) is 13.9 Å². The Morgan fingerprint density at radius 2 is 1.70 bits per heavy atom. The monoisotopic (exact) mass is 629 g/mol. The fraction of sp³-hybridized carbons (Fsp3) is 0.333. The summed E-state index contributed by atoms with van der Waals surface area (Å²) in [4.78, 5) is 28.7. The van der Waals surface area contributed by atoms with Crippen LogP contribution < -0.4 is 14.4 Å². The predicted molar refractivity (Wildman–Crippen MR) is 161 cm³/mol. The smallest absolute Gasteiger partial charge is 0.264 e. The van der Waals surface area contributed by atoms with Crippen molar-refractivity contribution in [2.24, 2.45) is 0 Å². The van der Waals surface area contributed by atoms with E-state index in [9.17, 15) is 18.0 Å². The zero-order chi connectivity index (χ0) is 29.4. The lowest BCUT2D eigenvalue weighted by Crippen LogP contribution is -2.52. The Balaban J connectivity index is 2.08. The molecule has 0 saturated carbocycles. The number of hydrogen-bond donors (Lipinski definition) is 1. The maximum atomic E-state index is 14.1. The molecule has 0 fully saturated rings. The lowest BCUT2D eigenvalue weighted by molar-refractivity contribution is -0.139. The highest BCUT2D eigenvalue weighted by Gasteiger charge is 2.34. The van der Waals surface area contributed by atoms with E-state index in [-0.39, 0.29) is 29.1 Å². The Labute approximate surface area is 245 Å². The van der Waals surface area contributed by atoms with E-state index in [2.05, 4.69) is 21.2 Å². The Morgan fingerprint density at radius 1 is 1.00 bits per heavy atom. The summed E-state index contributed by atoms with van der Waals surface area (Å²) in [6.45, 7) is 6.91. The molecule has 214 valence electrons. The molecule has 3 aromatic carbocycles. The second-order valence-electron chi connectivity index (χ2n) is 9.65. The number of sulfonamides is 1. The Hall–Kier alpha value is -3.37. The molecule has 3 aromatic rings. The van der Waals surface area contributed by atoms with Gasteiger partial charge in [0.25, 0.3) is 10.0 Å². The molecule has 0 heterocycles. The zero-order valence-electron chi connectivity index (χ0n) is 23.4. The minimum Gasteiger partial charge on any atom is -0.495 e. The lowest BCUT2D eigenvalue weighted by atomic mass is 10.1. The second-order valence-corrected chi connectivity index (χ2v) is 12.4. The molecule has 40 heavy (non-hydrogen) atoms. The summed E-state index contributed by atoms with van der Waals surface area (Å²) in [6.07, 6.45) is 0.730. The number of nitrogens with zero attached hydrogens (tertiary/aromatic N) is 2. The van der Waals surface area contributed by atoms with E-state index < -0.39 is 28.5 Å². The summed E-state index contributed by atoms with van der Waals surface area (Å²) in [5, 5.41) is 2.93. The third kappa shape index (κ3) is 7.63. The summed E-state index contributed by atoms with van der Waals surface area (Å²) in [7, 11) is -2.73. The number of ether oxygens (including phenoxy) is 1. The number of hydrogen-bond acceptors (Lipinski definition) is 5. The average molecular weight is 631 g/mol. The minimum absolute atomic E-state index is 0.0347. The third-order valence-corrected chi connectivity index (χ3v) is 8.89. The van der Waals surface area contributed by atoms with Crippen molar-refractivity contribution in [3.63, 3.8) is 0 Å². The van der Waals surface area contributed by atoms with Gasteiger partial charge in [0.15, 0.2) is 0 Å². The molecular weight excluding hydrogens is 594 g/mol. The van der Waals surface area contributed by atoms with E-state index in [0.717, 1.165) is 26.3 Å². The van der Waals surface area contributed by atoms with Crippen molar-refractivity contribution in [3.05, 3.63) is 88.4 Å². The topological polar surface area (TPSA) is 96.0 Å². The van der Waals surface area contributed by atoms with Crippen molar-refractivity contribution in [1.29, 1.82) is 0 Å².